The van der Waals surface area contributed by atoms with Crippen LogP contribution in [0.15, 0.2) is 18.2 Å². The van der Waals surface area contributed by atoms with Gasteiger partial charge in [-0.25, -0.2) is 0 Å². The Morgan fingerprint density at radius 1 is 1.08 bits per heavy atom. The molecule has 1 aromatic rings. The molecule has 0 fully saturated rings. The van der Waals surface area contributed by atoms with Crippen LogP contribution < -0.4 is 10.1 Å². The van der Waals surface area contributed by atoms with Gasteiger partial charge < -0.3 is 10.1 Å². The first-order valence-electron chi connectivity index (χ1n) is 8.42. The lowest BCUT2D eigenvalue weighted by atomic mass is 9.81. The minimum Gasteiger partial charge on any atom is -0.496 e. The lowest BCUT2D eigenvalue weighted by molar-refractivity contribution is -0.122. The highest BCUT2D eigenvalue weighted by Crippen LogP contribution is 2.27. The van der Waals surface area contributed by atoms with Gasteiger partial charge in [-0.05, 0) is 44.7 Å². The van der Waals surface area contributed by atoms with Gasteiger partial charge in [-0.1, -0.05) is 32.4 Å². The zero-order valence-corrected chi connectivity index (χ0v) is 16.1. The van der Waals surface area contributed by atoms with E-state index >= 15 is 0 Å². The average molecular weight is 333 g/mol. The fourth-order valence-corrected chi connectivity index (χ4v) is 3.21. The molecule has 1 rings (SSSR count). The molecule has 0 bridgehead atoms. The molecule has 0 saturated heterocycles. The van der Waals surface area contributed by atoms with Crippen molar-refractivity contribution >= 4 is 11.7 Å². The predicted molar refractivity (Wildman–Crippen MR) is 97.6 cm³/mol. The Balaban J connectivity index is 2.64. The third kappa shape index (κ3) is 6.73. The van der Waals surface area contributed by atoms with Crippen LogP contribution >= 0.6 is 0 Å². The molecule has 4 nitrogen and oxygen atoms in total. The maximum Gasteiger partial charge on any atom is 0.220 e. The van der Waals surface area contributed by atoms with E-state index in [2.05, 4.69) is 26.1 Å². The molecule has 0 aliphatic heterocycles. The summed E-state index contributed by atoms with van der Waals surface area (Å²) in [5.74, 6) is 0.391. The molecule has 134 valence electrons. The highest BCUT2D eigenvalue weighted by atomic mass is 16.5. The summed E-state index contributed by atoms with van der Waals surface area (Å²) in [5, 5.41) is 3.04. The number of methoxy groups -OCH3 is 1. The molecular weight excluding hydrogens is 302 g/mol. The Morgan fingerprint density at radius 2 is 1.71 bits per heavy atom. The number of benzene rings is 1. The van der Waals surface area contributed by atoms with Gasteiger partial charge in [-0.3, -0.25) is 9.59 Å². The second kappa shape index (κ2) is 7.82. The van der Waals surface area contributed by atoms with Gasteiger partial charge in [0, 0.05) is 18.4 Å². The number of hydrogen-bond donors (Lipinski definition) is 1. The van der Waals surface area contributed by atoms with Crippen LogP contribution in [0.4, 0.5) is 0 Å². The molecule has 0 atom stereocenters. The first-order valence-corrected chi connectivity index (χ1v) is 8.42. The van der Waals surface area contributed by atoms with Crippen molar-refractivity contribution in [1.29, 1.82) is 0 Å². The third-order valence-corrected chi connectivity index (χ3v) is 3.68. The zero-order chi connectivity index (χ0) is 18.5. The molecule has 0 aliphatic rings. The van der Waals surface area contributed by atoms with E-state index in [0.29, 0.717) is 11.3 Å². The lowest BCUT2D eigenvalue weighted by Crippen LogP contribution is -2.45. The SMILES string of the molecule is COc1ccc(C)cc1C(=O)CCC(=O)NC(C)(C)CC(C)(C)C. The number of rotatable bonds is 7. The number of amides is 1. The average Bonchev–Trinajstić information content (AvgIpc) is 2.41. The van der Waals surface area contributed by atoms with E-state index in [9.17, 15) is 9.59 Å². The van der Waals surface area contributed by atoms with E-state index < -0.39 is 0 Å². The summed E-state index contributed by atoms with van der Waals surface area (Å²) in [5.41, 5.74) is 1.37. The summed E-state index contributed by atoms with van der Waals surface area (Å²) in [6, 6.07) is 5.50. The van der Waals surface area contributed by atoms with Crippen LogP contribution in [0.2, 0.25) is 0 Å². The minimum absolute atomic E-state index is 0.0701. The number of carbonyl (C=O) groups excluding carboxylic acids is 2. The number of carbonyl (C=O) groups is 2. The molecule has 0 heterocycles. The number of hydrogen-bond acceptors (Lipinski definition) is 3. The van der Waals surface area contributed by atoms with E-state index in [1.165, 1.54) is 0 Å². The molecule has 1 aromatic carbocycles. The van der Waals surface area contributed by atoms with E-state index in [1.54, 1.807) is 13.2 Å². The standard InChI is InChI=1S/C20H31NO3/c1-14-8-10-17(24-7)15(12-14)16(22)9-11-18(23)21-20(5,6)13-19(2,3)4/h8,10,12H,9,11,13H2,1-7H3,(H,21,23). The minimum atomic E-state index is -0.292. The summed E-state index contributed by atoms with van der Waals surface area (Å²) in [6.45, 7) is 12.4. The number of ketones is 1. The van der Waals surface area contributed by atoms with E-state index in [1.807, 2.05) is 32.9 Å². The molecule has 4 heteroatoms. The van der Waals surface area contributed by atoms with Crippen molar-refractivity contribution in [3.05, 3.63) is 29.3 Å². The molecule has 0 spiro atoms. The zero-order valence-electron chi connectivity index (χ0n) is 16.1. The van der Waals surface area contributed by atoms with Gasteiger partial charge in [0.2, 0.25) is 5.91 Å². The van der Waals surface area contributed by atoms with E-state index in [-0.39, 0.29) is 35.5 Å². The molecule has 24 heavy (non-hydrogen) atoms. The summed E-state index contributed by atoms with van der Waals surface area (Å²) in [7, 11) is 1.54. The number of Topliss-reactive ketones (excluding diaryl/α,β-unsaturated/α-hetero) is 1. The van der Waals surface area contributed by atoms with Crippen molar-refractivity contribution in [2.24, 2.45) is 5.41 Å². The second-order valence-electron chi connectivity index (χ2n) is 8.30. The highest BCUT2D eigenvalue weighted by Gasteiger charge is 2.27. The van der Waals surface area contributed by atoms with Crippen LogP contribution in [0.5, 0.6) is 5.75 Å². The summed E-state index contributed by atoms with van der Waals surface area (Å²) in [4.78, 5) is 24.6. The largest absolute Gasteiger partial charge is 0.496 e. The first-order chi connectivity index (χ1) is 10.9. The highest BCUT2D eigenvalue weighted by molar-refractivity contribution is 6.00. The summed E-state index contributed by atoms with van der Waals surface area (Å²) in [6.07, 6.45) is 1.23. The summed E-state index contributed by atoms with van der Waals surface area (Å²) < 4.78 is 5.24. The van der Waals surface area contributed by atoms with Crippen LogP contribution in [0.25, 0.3) is 0 Å². The van der Waals surface area contributed by atoms with Crippen LogP contribution in [0.1, 0.15) is 69.8 Å². The Labute approximate surface area is 146 Å². The van der Waals surface area contributed by atoms with Crippen molar-refractivity contribution < 1.29 is 14.3 Å². The van der Waals surface area contributed by atoms with Crippen molar-refractivity contribution in [3.63, 3.8) is 0 Å². The maximum atomic E-state index is 12.4. The van der Waals surface area contributed by atoms with Crippen molar-refractivity contribution in [1.82, 2.24) is 5.32 Å². The number of ether oxygens (including phenoxy) is 1. The lowest BCUT2D eigenvalue weighted by Gasteiger charge is -2.33. The second-order valence-corrected chi connectivity index (χ2v) is 8.30. The van der Waals surface area contributed by atoms with Crippen LogP contribution in [-0.4, -0.2) is 24.3 Å². The third-order valence-electron chi connectivity index (χ3n) is 3.68. The monoisotopic (exact) mass is 333 g/mol. The maximum absolute atomic E-state index is 12.4. The Hall–Kier alpha value is -1.84. The molecule has 0 radical (unpaired) electrons. The smallest absolute Gasteiger partial charge is 0.220 e. The van der Waals surface area contributed by atoms with Crippen molar-refractivity contribution in [3.8, 4) is 5.75 Å². The van der Waals surface area contributed by atoms with Crippen LogP contribution in [0.3, 0.4) is 0 Å². The predicted octanol–water partition coefficient (Wildman–Crippen LogP) is 4.30. The van der Waals surface area contributed by atoms with Gasteiger partial charge in [0.25, 0.3) is 0 Å². The van der Waals surface area contributed by atoms with Crippen LogP contribution in [0, 0.1) is 12.3 Å². The molecule has 1 amide bonds. The molecule has 0 aliphatic carbocycles. The van der Waals surface area contributed by atoms with Gasteiger partial charge in [-0.15, -0.1) is 0 Å². The van der Waals surface area contributed by atoms with Crippen LogP contribution in [-0.2, 0) is 4.79 Å². The molecule has 1 N–H and O–H groups in total. The van der Waals surface area contributed by atoms with Gasteiger partial charge in [0.15, 0.2) is 5.78 Å². The Morgan fingerprint density at radius 3 is 2.25 bits per heavy atom. The number of aryl methyl sites for hydroxylation is 1. The summed E-state index contributed by atoms with van der Waals surface area (Å²) >= 11 is 0. The van der Waals surface area contributed by atoms with Crippen molar-refractivity contribution in [2.45, 2.75) is 66.3 Å². The van der Waals surface area contributed by atoms with Gasteiger partial charge in [-0.2, -0.15) is 0 Å². The topological polar surface area (TPSA) is 55.4 Å². The first kappa shape index (κ1) is 20.2. The molecule has 0 unspecified atom stereocenters. The van der Waals surface area contributed by atoms with Gasteiger partial charge in [0.1, 0.15) is 5.75 Å². The number of nitrogens with one attached hydrogen (secondary N) is 1. The van der Waals surface area contributed by atoms with Gasteiger partial charge in [0.05, 0.1) is 12.7 Å². The normalized spacial score (nSPS) is 12.0. The molecule has 0 saturated carbocycles. The Kier molecular flexibility index (Phi) is 6.58. The molecular formula is C20H31NO3. The fourth-order valence-electron chi connectivity index (χ4n) is 3.21. The van der Waals surface area contributed by atoms with E-state index in [0.717, 1.165) is 12.0 Å². The Bertz CT molecular complexity index is 597. The quantitative estimate of drug-likeness (QED) is 0.757. The fraction of sp³-hybridized carbons (Fsp3) is 0.600. The molecule has 0 aromatic heterocycles. The van der Waals surface area contributed by atoms with Crippen molar-refractivity contribution in [2.75, 3.05) is 7.11 Å². The van der Waals surface area contributed by atoms with Gasteiger partial charge >= 0.3 is 0 Å². The van der Waals surface area contributed by atoms with E-state index in [4.69, 9.17) is 4.74 Å².